The standard InChI is InChI=1S/C9H15F4NO/c1-5-8(2,3)14(4)7(15)9(12,13)6(10)11/h6H,5H2,1-4H3. The topological polar surface area (TPSA) is 20.3 Å². The van der Waals surface area contributed by atoms with Gasteiger partial charge in [-0.3, -0.25) is 4.79 Å². The first-order chi connectivity index (χ1) is 6.57. The lowest BCUT2D eigenvalue weighted by Crippen LogP contribution is -2.53. The van der Waals surface area contributed by atoms with Gasteiger partial charge in [0.2, 0.25) is 0 Å². The Hall–Kier alpha value is -0.810. The molecular formula is C9H15F4NO. The normalized spacial score (nSPS) is 13.1. The molecule has 0 heterocycles. The first-order valence-corrected chi connectivity index (χ1v) is 4.51. The zero-order valence-corrected chi connectivity index (χ0v) is 9.15. The first-order valence-electron chi connectivity index (χ1n) is 4.51. The number of alkyl halides is 4. The van der Waals surface area contributed by atoms with Gasteiger partial charge < -0.3 is 4.90 Å². The third kappa shape index (κ3) is 2.82. The van der Waals surface area contributed by atoms with E-state index in [-0.39, 0.29) is 0 Å². The Balaban J connectivity index is 4.88. The van der Waals surface area contributed by atoms with Crippen LogP contribution in [0, 0.1) is 0 Å². The molecule has 0 aromatic rings. The molecule has 6 heteroatoms. The van der Waals surface area contributed by atoms with Crippen molar-refractivity contribution in [1.82, 2.24) is 4.90 Å². The Morgan fingerprint density at radius 3 is 2.00 bits per heavy atom. The second kappa shape index (κ2) is 4.37. The van der Waals surface area contributed by atoms with Crippen molar-refractivity contribution in [2.75, 3.05) is 7.05 Å². The SMILES string of the molecule is CCC(C)(C)N(C)C(=O)C(F)(F)C(F)F. The lowest BCUT2D eigenvalue weighted by atomic mass is 9.99. The number of amides is 1. The molecule has 0 atom stereocenters. The Bertz CT molecular complexity index is 240. The molecule has 0 saturated heterocycles. The summed E-state index contributed by atoms with van der Waals surface area (Å²) < 4.78 is 49.3. The van der Waals surface area contributed by atoms with Crippen molar-refractivity contribution in [1.29, 1.82) is 0 Å². The van der Waals surface area contributed by atoms with E-state index < -0.39 is 23.8 Å². The van der Waals surface area contributed by atoms with E-state index in [9.17, 15) is 22.4 Å². The van der Waals surface area contributed by atoms with Gasteiger partial charge in [0.05, 0.1) is 0 Å². The van der Waals surface area contributed by atoms with Crippen LogP contribution in [-0.2, 0) is 4.79 Å². The number of hydrogen-bond donors (Lipinski definition) is 0. The minimum atomic E-state index is -4.61. The van der Waals surface area contributed by atoms with Crippen molar-refractivity contribution in [3.05, 3.63) is 0 Å². The molecule has 90 valence electrons. The molecule has 0 aliphatic carbocycles. The van der Waals surface area contributed by atoms with Gasteiger partial charge in [0.1, 0.15) is 0 Å². The van der Waals surface area contributed by atoms with Gasteiger partial charge in [0.15, 0.2) is 0 Å². The van der Waals surface area contributed by atoms with Gasteiger partial charge in [0.25, 0.3) is 5.91 Å². The Morgan fingerprint density at radius 2 is 1.73 bits per heavy atom. The average molecular weight is 229 g/mol. The van der Waals surface area contributed by atoms with Crippen LogP contribution >= 0.6 is 0 Å². The van der Waals surface area contributed by atoms with Crippen molar-refractivity contribution in [3.63, 3.8) is 0 Å². The summed E-state index contributed by atoms with van der Waals surface area (Å²) in [6.45, 7) is 4.75. The van der Waals surface area contributed by atoms with Crippen LogP contribution in [0.2, 0.25) is 0 Å². The van der Waals surface area contributed by atoms with E-state index in [1.54, 1.807) is 6.92 Å². The fourth-order valence-corrected chi connectivity index (χ4v) is 0.829. The minimum Gasteiger partial charge on any atom is -0.335 e. The maximum Gasteiger partial charge on any atom is 0.383 e. The molecule has 0 aromatic heterocycles. The van der Waals surface area contributed by atoms with Crippen molar-refractivity contribution >= 4 is 5.91 Å². The zero-order chi connectivity index (χ0) is 12.4. The predicted molar refractivity (Wildman–Crippen MR) is 48.1 cm³/mol. The Morgan fingerprint density at radius 1 is 1.33 bits per heavy atom. The molecule has 2 nitrogen and oxygen atoms in total. The molecule has 0 spiro atoms. The molecule has 0 unspecified atom stereocenters. The number of nitrogens with zero attached hydrogens (tertiary/aromatic N) is 1. The summed E-state index contributed by atoms with van der Waals surface area (Å²) in [5.74, 6) is -6.45. The van der Waals surface area contributed by atoms with Crippen molar-refractivity contribution in [2.24, 2.45) is 0 Å². The van der Waals surface area contributed by atoms with E-state index >= 15 is 0 Å². The van der Waals surface area contributed by atoms with Crippen LogP contribution in [0.4, 0.5) is 17.6 Å². The molecule has 0 N–H and O–H groups in total. The number of hydrogen-bond acceptors (Lipinski definition) is 1. The van der Waals surface area contributed by atoms with Gasteiger partial charge in [-0.1, -0.05) is 6.92 Å². The van der Waals surface area contributed by atoms with Crippen LogP contribution in [-0.4, -0.2) is 35.7 Å². The highest BCUT2D eigenvalue weighted by atomic mass is 19.3. The molecule has 0 rings (SSSR count). The summed E-state index contributed by atoms with van der Waals surface area (Å²) in [4.78, 5) is 11.8. The fourth-order valence-electron chi connectivity index (χ4n) is 0.829. The molecule has 0 aliphatic heterocycles. The smallest absolute Gasteiger partial charge is 0.335 e. The van der Waals surface area contributed by atoms with Crippen LogP contribution in [0.3, 0.4) is 0 Å². The maximum absolute atomic E-state index is 12.7. The third-order valence-electron chi connectivity index (χ3n) is 2.64. The van der Waals surface area contributed by atoms with Gasteiger partial charge in [-0.2, -0.15) is 8.78 Å². The van der Waals surface area contributed by atoms with E-state index in [1.807, 2.05) is 0 Å². The fraction of sp³-hybridized carbons (Fsp3) is 0.889. The van der Waals surface area contributed by atoms with Gasteiger partial charge in [-0.15, -0.1) is 0 Å². The molecule has 1 amide bonds. The van der Waals surface area contributed by atoms with Gasteiger partial charge >= 0.3 is 12.3 Å². The number of carbonyl (C=O) groups excluding carboxylic acids is 1. The second-order valence-corrected chi connectivity index (χ2v) is 3.95. The van der Waals surface area contributed by atoms with Crippen molar-refractivity contribution in [3.8, 4) is 0 Å². The number of carbonyl (C=O) groups is 1. The molecule has 0 fully saturated rings. The molecule has 0 saturated carbocycles. The van der Waals surface area contributed by atoms with Crippen molar-refractivity contribution < 1.29 is 22.4 Å². The molecule has 0 bridgehead atoms. The third-order valence-corrected chi connectivity index (χ3v) is 2.64. The quantitative estimate of drug-likeness (QED) is 0.678. The van der Waals surface area contributed by atoms with E-state index in [2.05, 4.69) is 0 Å². The van der Waals surface area contributed by atoms with Gasteiger partial charge in [-0.25, -0.2) is 8.78 Å². The summed E-state index contributed by atoms with van der Waals surface area (Å²) in [5.41, 5.74) is -0.866. The van der Waals surface area contributed by atoms with Crippen LogP contribution in [0.15, 0.2) is 0 Å². The highest BCUT2D eigenvalue weighted by Gasteiger charge is 2.52. The summed E-state index contributed by atoms with van der Waals surface area (Å²) in [6, 6.07) is 0. The van der Waals surface area contributed by atoms with Gasteiger partial charge in [-0.05, 0) is 20.3 Å². The van der Waals surface area contributed by atoms with Gasteiger partial charge in [0, 0.05) is 12.6 Å². The second-order valence-electron chi connectivity index (χ2n) is 3.95. The maximum atomic E-state index is 12.7. The molecule has 0 aliphatic rings. The van der Waals surface area contributed by atoms with E-state index in [4.69, 9.17) is 0 Å². The Kier molecular flexibility index (Phi) is 4.13. The summed E-state index contributed by atoms with van der Waals surface area (Å²) in [5, 5.41) is 0. The largest absolute Gasteiger partial charge is 0.383 e. The number of rotatable bonds is 4. The van der Waals surface area contributed by atoms with E-state index in [0.29, 0.717) is 11.3 Å². The van der Waals surface area contributed by atoms with Crippen LogP contribution in [0.5, 0.6) is 0 Å². The van der Waals surface area contributed by atoms with E-state index in [1.165, 1.54) is 13.8 Å². The summed E-state index contributed by atoms with van der Waals surface area (Å²) >= 11 is 0. The molecule has 0 aromatic carbocycles. The molecule has 15 heavy (non-hydrogen) atoms. The van der Waals surface area contributed by atoms with Crippen LogP contribution in [0.1, 0.15) is 27.2 Å². The lowest BCUT2D eigenvalue weighted by Gasteiger charge is -2.36. The van der Waals surface area contributed by atoms with Crippen LogP contribution < -0.4 is 0 Å². The number of halogens is 4. The summed E-state index contributed by atoms with van der Waals surface area (Å²) in [6.07, 6.45) is -3.57. The highest BCUT2D eigenvalue weighted by Crippen LogP contribution is 2.28. The average Bonchev–Trinajstić information content (AvgIpc) is 2.15. The van der Waals surface area contributed by atoms with Crippen molar-refractivity contribution in [2.45, 2.75) is 45.1 Å². The zero-order valence-electron chi connectivity index (χ0n) is 9.15. The Labute approximate surface area is 86.2 Å². The molecule has 0 radical (unpaired) electrons. The first kappa shape index (κ1) is 14.2. The highest BCUT2D eigenvalue weighted by molar-refractivity contribution is 5.84. The minimum absolute atomic E-state index is 0.397. The summed E-state index contributed by atoms with van der Waals surface area (Å²) in [7, 11) is 1.10. The predicted octanol–water partition coefficient (Wildman–Crippen LogP) is 2.53. The lowest BCUT2D eigenvalue weighted by molar-refractivity contribution is -0.184. The van der Waals surface area contributed by atoms with E-state index in [0.717, 1.165) is 7.05 Å². The van der Waals surface area contributed by atoms with Crippen LogP contribution in [0.25, 0.3) is 0 Å². The molecular weight excluding hydrogens is 214 g/mol. The monoisotopic (exact) mass is 229 g/mol.